The number of amides is 2. The number of aromatic nitrogens is 4. The Kier molecular flexibility index (Phi) is 14.8. The first kappa shape index (κ1) is 43.0. The van der Waals surface area contributed by atoms with E-state index in [0.29, 0.717) is 5.75 Å². The minimum atomic E-state index is -5.90. The van der Waals surface area contributed by atoms with Crippen molar-refractivity contribution in [3.8, 4) is 0 Å². The van der Waals surface area contributed by atoms with Crippen LogP contribution in [0.4, 0.5) is 5.82 Å². The van der Waals surface area contributed by atoms with Crippen LogP contribution in [0.25, 0.3) is 11.2 Å². The van der Waals surface area contributed by atoms with Crippen molar-refractivity contribution in [2.24, 2.45) is 5.41 Å². The molecule has 1 fully saturated rings. The fourth-order valence-corrected chi connectivity index (χ4v) is 7.53. The standard InChI is InChI=1S/C23H38N7O17P3S/c1-12(31)51-7-6-25-14(32)4-5-26-21(35)18(34)23(2,3)9-44-50(41,42)47-49(39,40)43-8-13-17(46-48(36,37)38)16(33)22(45-13)30-11-29-15-19(24)27-10-28-20(15)30/h10-11,13,16-18,22,33-34H,4-9H2,1-3H3,(H,25,32)(H,26,35)(H,39,40)(H,41,42)(H2,24,27,28)(H2,36,37,38)/p-4/i12-1. The van der Waals surface area contributed by atoms with Gasteiger partial charge in [0.25, 0.3) is 15.6 Å². The van der Waals surface area contributed by atoms with Gasteiger partial charge >= 0.3 is 0 Å². The SMILES string of the molecule is C[11C](=O)SCCNC(=O)CCNC(=O)C(O)C(C)(C)COP(=O)([O-])OP(=O)([O-])OCC1OC(n2cnc3c(N)ncnc32)C(O)C1OP(=O)([O-])[O-]. The Balaban J connectivity index is 1.55. The molecule has 1 aliphatic rings. The summed E-state index contributed by atoms with van der Waals surface area (Å²) in [7, 11) is -17.6. The van der Waals surface area contributed by atoms with Crippen molar-refractivity contribution in [2.45, 2.75) is 57.8 Å². The Morgan fingerprint density at radius 3 is 2.41 bits per heavy atom. The molecule has 3 rings (SSSR count). The topological polar surface area (TPSA) is 375 Å². The molecular formula is C23H34N7O17P3S-4. The van der Waals surface area contributed by atoms with E-state index in [1.807, 2.05) is 0 Å². The number of ether oxygens (including phenoxy) is 1. The zero-order valence-electron chi connectivity index (χ0n) is 26.9. The Morgan fingerprint density at radius 1 is 1.10 bits per heavy atom. The third-order valence-corrected chi connectivity index (χ3v) is 10.6. The molecule has 0 spiro atoms. The largest absolute Gasteiger partial charge is 0.790 e. The molecule has 28 heteroatoms. The number of fused-ring (bicyclic) bond motifs is 1. The summed E-state index contributed by atoms with van der Waals surface area (Å²) in [4.78, 5) is 94.3. The third-order valence-electron chi connectivity index (χ3n) is 6.78. The molecule has 288 valence electrons. The molecule has 0 aliphatic carbocycles. The Labute approximate surface area is 293 Å². The zero-order chi connectivity index (χ0) is 38.4. The van der Waals surface area contributed by atoms with E-state index in [1.54, 1.807) is 0 Å². The van der Waals surface area contributed by atoms with E-state index in [2.05, 4.69) is 43.5 Å². The number of aliphatic hydroxyl groups is 2. The Hall–Kier alpha value is -2.44. The summed E-state index contributed by atoms with van der Waals surface area (Å²) in [6, 6.07) is 0. The van der Waals surface area contributed by atoms with Crippen LogP contribution in [0.5, 0.6) is 0 Å². The lowest BCUT2D eigenvalue weighted by molar-refractivity contribution is -0.347. The first-order valence-electron chi connectivity index (χ1n) is 14.5. The van der Waals surface area contributed by atoms with Gasteiger partial charge in [-0.1, -0.05) is 25.6 Å². The highest BCUT2D eigenvalue weighted by Crippen LogP contribution is 2.56. The minimum absolute atomic E-state index is 0.0209. The van der Waals surface area contributed by atoms with Crippen LogP contribution in [0.3, 0.4) is 0 Å². The van der Waals surface area contributed by atoms with Crippen LogP contribution in [0.1, 0.15) is 33.4 Å². The Bertz CT molecular complexity index is 1710. The molecule has 0 radical (unpaired) electrons. The molecule has 0 aromatic carbocycles. The second-order valence-electron chi connectivity index (χ2n) is 11.3. The summed E-state index contributed by atoms with van der Waals surface area (Å²) >= 11 is 1.01. The van der Waals surface area contributed by atoms with Crippen LogP contribution >= 0.6 is 35.2 Å². The molecule has 1 saturated heterocycles. The fraction of sp³-hybridized carbons (Fsp3) is 0.652. The second-order valence-corrected chi connectivity index (χ2v) is 16.7. The number of aliphatic hydroxyl groups excluding tert-OH is 2. The average molecular weight is 805 g/mol. The number of carbonyl (C=O) groups is 3. The van der Waals surface area contributed by atoms with Gasteiger partial charge in [0.05, 0.1) is 27.4 Å². The van der Waals surface area contributed by atoms with Gasteiger partial charge in [-0.3, -0.25) is 28.1 Å². The van der Waals surface area contributed by atoms with E-state index in [9.17, 15) is 57.9 Å². The summed E-state index contributed by atoms with van der Waals surface area (Å²) in [5, 5.41) is 25.9. The van der Waals surface area contributed by atoms with Gasteiger partial charge in [-0.15, -0.1) is 0 Å². The van der Waals surface area contributed by atoms with E-state index >= 15 is 0 Å². The van der Waals surface area contributed by atoms with E-state index in [4.69, 9.17) is 10.5 Å². The van der Waals surface area contributed by atoms with Gasteiger partial charge in [0, 0.05) is 37.6 Å². The molecule has 51 heavy (non-hydrogen) atoms. The minimum Gasteiger partial charge on any atom is -0.790 e. The molecule has 0 bridgehead atoms. The normalized spacial score (nSPS) is 22.6. The summed E-state index contributed by atoms with van der Waals surface area (Å²) in [6.07, 6.45) is -7.55. The molecule has 2 amide bonds. The molecule has 0 saturated carbocycles. The number of hydrogen-bond acceptors (Lipinski definition) is 22. The van der Waals surface area contributed by atoms with E-state index < -0.39 is 84.6 Å². The van der Waals surface area contributed by atoms with Crippen molar-refractivity contribution < 1.29 is 80.5 Å². The van der Waals surface area contributed by atoms with Crippen LogP contribution in [0.2, 0.25) is 0 Å². The average Bonchev–Trinajstić information content (AvgIpc) is 3.57. The smallest absolute Gasteiger partial charge is 0.274 e. The molecule has 24 nitrogen and oxygen atoms in total. The third kappa shape index (κ3) is 12.9. The number of phosphoric ester groups is 3. The predicted octanol–water partition coefficient (Wildman–Crippen LogP) is -3.84. The highest BCUT2D eigenvalue weighted by molar-refractivity contribution is 8.13. The number of nitrogen functional groups attached to an aromatic ring is 1. The first-order valence-corrected chi connectivity index (χ1v) is 19.8. The summed E-state index contributed by atoms with van der Waals surface area (Å²) in [6.45, 7) is 1.49. The second kappa shape index (κ2) is 17.6. The van der Waals surface area contributed by atoms with Crippen molar-refractivity contribution >= 4 is 69.1 Å². The van der Waals surface area contributed by atoms with Crippen molar-refractivity contribution in [3.63, 3.8) is 0 Å². The van der Waals surface area contributed by atoms with Gasteiger partial charge in [-0.05, 0) is 0 Å². The van der Waals surface area contributed by atoms with Crippen molar-refractivity contribution in [1.29, 1.82) is 0 Å². The highest BCUT2D eigenvalue weighted by Gasteiger charge is 2.47. The lowest BCUT2D eigenvalue weighted by atomic mass is 9.87. The van der Waals surface area contributed by atoms with Gasteiger partial charge < -0.3 is 69.0 Å². The van der Waals surface area contributed by atoms with Gasteiger partial charge in [0.15, 0.2) is 22.8 Å². The van der Waals surface area contributed by atoms with Crippen LogP contribution in [0, 0.1) is 5.41 Å². The number of thioether (sulfide) groups is 1. The number of anilines is 1. The van der Waals surface area contributed by atoms with Crippen molar-refractivity contribution in [1.82, 2.24) is 30.2 Å². The van der Waals surface area contributed by atoms with Crippen LogP contribution < -0.4 is 35.9 Å². The highest BCUT2D eigenvalue weighted by atomic mass is 32.2. The summed E-state index contributed by atoms with van der Waals surface area (Å²) in [5.41, 5.74) is 4.07. The zero-order valence-corrected chi connectivity index (χ0v) is 30.4. The van der Waals surface area contributed by atoms with Crippen molar-refractivity contribution in [3.05, 3.63) is 12.7 Å². The number of nitrogens with zero attached hydrogens (tertiary/aromatic N) is 4. The first-order chi connectivity index (χ1) is 23.5. The van der Waals surface area contributed by atoms with Gasteiger partial charge in [-0.25, -0.2) is 19.3 Å². The van der Waals surface area contributed by atoms with Gasteiger partial charge in [0.2, 0.25) is 11.8 Å². The molecule has 1 aliphatic heterocycles. The number of rotatable bonds is 19. The number of carbonyl (C=O) groups excluding carboxylic acids is 3. The van der Waals surface area contributed by atoms with Crippen LogP contribution in [-0.2, 0) is 50.7 Å². The monoisotopic (exact) mass is 804 g/mol. The number of hydrogen-bond donors (Lipinski definition) is 5. The van der Waals surface area contributed by atoms with Crippen molar-refractivity contribution in [2.75, 3.05) is 37.8 Å². The van der Waals surface area contributed by atoms with Crippen LogP contribution in [0.15, 0.2) is 12.7 Å². The van der Waals surface area contributed by atoms with E-state index in [1.165, 1.54) is 20.8 Å². The molecule has 3 heterocycles. The van der Waals surface area contributed by atoms with E-state index in [-0.39, 0.29) is 41.6 Å². The predicted molar refractivity (Wildman–Crippen MR) is 164 cm³/mol. The molecule has 7 atom stereocenters. The number of phosphoric acid groups is 3. The molecule has 2 aromatic rings. The lowest BCUT2D eigenvalue weighted by Crippen LogP contribution is -2.46. The molecule has 6 N–H and O–H groups in total. The summed E-state index contributed by atoms with van der Waals surface area (Å²) in [5.74, 6) is -1.19. The van der Waals surface area contributed by atoms with Gasteiger partial charge in [-0.2, -0.15) is 0 Å². The van der Waals surface area contributed by atoms with E-state index in [0.717, 1.165) is 29.0 Å². The molecular weight excluding hydrogens is 770 g/mol. The number of imidazole rings is 1. The maximum Gasteiger partial charge on any atom is 0.274 e. The molecule has 7 unspecified atom stereocenters. The van der Waals surface area contributed by atoms with Crippen LogP contribution in [-0.4, -0.2) is 103 Å². The van der Waals surface area contributed by atoms with Gasteiger partial charge in [0.1, 0.15) is 36.3 Å². The Morgan fingerprint density at radius 2 is 1.76 bits per heavy atom. The number of nitrogens with two attached hydrogens (primary N) is 1. The lowest BCUT2D eigenvalue weighted by Gasteiger charge is -2.36. The fourth-order valence-electron chi connectivity index (χ4n) is 4.30. The number of nitrogens with one attached hydrogen (secondary N) is 2. The quantitative estimate of drug-likeness (QED) is 0.0670. The molecule has 2 aromatic heterocycles. The maximum atomic E-state index is 12.4. The summed E-state index contributed by atoms with van der Waals surface area (Å²) < 4.78 is 60.2. The maximum absolute atomic E-state index is 12.4.